The fourth-order valence-corrected chi connectivity index (χ4v) is 2.89. The molecule has 1 saturated carbocycles. The summed E-state index contributed by atoms with van der Waals surface area (Å²) in [6.45, 7) is 2.81. The van der Waals surface area contributed by atoms with Crippen molar-refractivity contribution in [3.05, 3.63) is 35.4 Å². The van der Waals surface area contributed by atoms with Crippen molar-refractivity contribution in [2.24, 2.45) is 11.7 Å². The lowest BCUT2D eigenvalue weighted by Crippen LogP contribution is -2.43. The van der Waals surface area contributed by atoms with E-state index in [0.29, 0.717) is 12.1 Å². The van der Waals surface area contributed by atoms with Gasteiger partial charge in [0.15, 0.2) is 0 Å². The lowest BCUT2D eigenvalue weighted by atomic mass is 9.77. The van der Waals surface area contributed by atoms with E-state index < -0.39 is 11.6 Å². The summed E-state index contributed by atoms with van der Waals surface area (Å²) in [4.78, 5) is 0. The van der Waals surface area contributed by atoms with Crippen LogP contribution in [0.3, 0.4) is 0 Å². The summed E-state index contributed by atoms with van der Waals surface area (Å²) in [5.74, 6) is -0.372. The van der Waals surface area contributed by atoms with Crippen molar-refractivity contribution >= 4 is 0 Å². The minimum Gasteiger partial charge on any atom is -0.369 e. The van der Waals surface area contributed by atoms with Gasteiger partial charge in [-0.2, -0.15) is 0 Å². The molecule has 0 bridgehead atoms. The van der Waals surface area contributed by atoms with Crippen molar-refractivity contribution < 1.29 is 13.5 Å². The van der Waals surface area contributed by atoms with E-state index in [0.717, 1.165) is 37.7 Å². The molecule has 1 aromatic carbocycles. The predicted octanol–water partition coefficient (Wildman–Crippen LogP) is 3.78. The van der Waals surface area contributed by atoms with E-state index in [2.05, 4.69) is 6.92 Å². The average Bonchev–Trinajstić information content (AvgIpc) is 2.47. The maximum atomic E-state index is 13.6. The Kier molecular flexibility index (Phi) is 5.11. The number of halogens is 2. The Morgan fingerprint density at radius 3 is 2.55 bits per heavy atom. The van der Waals surface area contributed by atoms with Crippen LogP contribution < -0.4 is 5.73 Å². The van der Waals surface area contributed by atoms with Gasteiger partial charge in [-0.15, -0.1) is 0 Å². The fraction of sp³-hybridized carbons (Fsp3) is 0.625. The van der Waals surface area contributed by atoms with Crippen LogP contribution in [-0.2, 0) is 11.3 Å². The molecule has 0 spiro atoms. The summed E-state index contributed by atoms with van der Waals surface area (Å²) in [6, 6.07) is 3.58. The second kappa shape index (κ2) is 6.64. The monoisotopic (exact) mass is 283 g/mol. The second-order valence-electron chi connectivity index (χ2n) is 5.76. The van der Waals surface area contributed by atoms with Crippen molar-refractivity contribution in [2.75, 3.05) is 6.54 Å². The van der Waals surface area contributed by atoms with Crippen molar-refractivity contribution in [1.29, 1.82) is 0 Å². The highest BCUT2D eigenvalue weighted by Gasteiger charge is 2.34. The molecule has 0 heterocycles. The van der Waals surface area contributed by atoms with Gasteiger partial charge in [-0.3, -0.25) is 0 Å². The van der Waals surface area contributed by atoms with Gasteiger partial charge in [-0.05, 0) is 37.7 Å². The number of hydrogen-bond donors (Lipinski definition) is 1. The second-order valence-corrected chi connectivity index (χ2v) is 5.76. The Morgan fingerprint density at radius 2 is 2.00 bits per heavy atom. The highest BCUT2D eigenvalue weighted by Crippen LogP contribution is 2.36. The zero-order chi connectivity index (χ0) is 14.6. The van der Waals surface area contributed by atoms with Gasteiger partial charge in [0.1, 0.15) is 11.6 Å². The van der Waals surface area contributed by atoms with Gasteiger partial charge in [0, 0.05) is 18.2 Å². The molecule has 0 radical (unpaired) electrons. The number of hydrogen-bond acceptors (Lipinski definition) is 2. The molecular weight excluding hydrogens is 260 g/mol. The quantitative estimate of drug-likeness (QED) is 0.892. The van der Waals surface area contributed by atoms with Crippen LogP contribution in [0.15, 0.2) is 18.2 Å². The van der Waals surface area contributed by atoms with Crippen LogP contribution in [-0.4, -0.2) is 12.1 Å². The Morgan fingerprint density at radius 1 is 1.30 bits per heavy atom. The molecule has 1 aliphatic rings. The highest BCUT2D eigenvalue weighted by molar-refractivity contribution is 5.17. The molecule has 20 heavy (non-hydrogen) atoms. The third kappa shape index (κ3) is 3.55. The Bertz CT molecular complexity index is 442. The van der Waals surface area contributed by atoms with Crippen LogP contribution in [0.2, 0.25) is 0 Å². The van der Waals surface area contributed by atoms with Gasteiger partial charge < -0.3 is 10.5 Å². The third-order valence-electron chi connectivity index (χ3n) is 4.51. The Labute approximate surface area is 119 Å². The van der Waals surface area contributed by atoms with Crippen molar-refractivity contribution in [3.63, 3.8) is 0 Å². The molecule has 0 aromatic heterocycles. The number of nitrogens with two attached hydrogens (primary N) is 1. The van der Waals surface area contributed by atoms with Crippen LogP contribution in [0.1, 0.15) is 44.6 Å². The van der Waals surface area contributed by atoms with Crippen LogP contribution in [0.4, 0.5) is 8.78 Å². The molecule has 1 aliphatic carbocycles. The zero-order valence-electron chi connectivity index (χ0n) is 12.0. The van der Waals surface area contributed by atoms with Crippen molar-refractivity contribution in [3.8, 4) is 0 Å². The lowest BCUT2D eigenvalue weighted by Gasteiger charge is -2.39. The van der Waals surface area contributed by atoms with E-state index in [1.165, 1.54) is 18.6 Å². The first-order valence-corrected chi connectivity index (χ1v) is 7.36. The SMILES string of the molecule is CCC1CCC(CN)(OCc2ccc(F)cc2F)CC1. The average molecular weight is 283 g/mol. The summed E-state index contributed by atoms with van der Waals surface area (Å²) >= 11 is 0. The van der Waals surface area contributed by atoms with Crippen molar-refractivity contribution in [1.82, 2.24) is 0 Å². The maximum absolute atomic E-state index is 13.6. The standard InChI is InChI=1S/C16H23F2NO/c1-2-12-5-7-16(11-19,8-6-12)20-10-13-3-4-14(17)9-15(13)18/h3-4,9,12H,2,5-8,10-11,19H2,1H3. The summed E-state index contributed by atoms with van der Waals surface area (Å²) in [5.41, 5.74) is 5.92. The molecule has 2 rings (SSSR count). The fourth-order valence-electron chi connectivity index (χ4n) is 2.89. The molecule has 112 valence electrons. The van der Waals surface area contributed by atoms with Crippen LogP contribution in [0.5, 0.6) is 0 Å². The first-order valence-electron chi connectivity index (χ1n) is 7.36. The minimum atomic E-state index is -0.566. The molecule has 0 amide bonds. The Hall–Kier alpha value is -1.00. The van der Waals surface area contributed by atoms with Gasteiger partial charge in [-0.25, -0.2) is 8.78 Å². The largest absolute Gasteiger partial charge is 0.369 e. The molecule has 2 nitrogen and oxygen atoms in total. The molecule has 0 unspecified atom stereocenters. The van der Waals surface area contributed by atoms with Gasteiger partial charge in [0.05, 0.1) is 12.2 Å². The van der Waals surface area contributed by atoms with Gasteiger partial charge in [-0.1, -0.05) is 19.4 Å². The van der Waals surface area contributed by atoms with E-state index >= 15 is 0 Å². The summed E-state index contributed by atoms with van der Waals surface area (Å²) in [7, 11) is 0. The molecule has 4 heteroatoms. The minimum absolute atomic E-state index is 0.153. The molecular formula is C16H23F2NO. The molecule has 1 fully saturated rings. The molecule has 0 saturated heterocycles. The van der Waals surface area contributed by atoms with E-state index in [1.54, 1.807) is 0 Å². The number of benzene rings is 1. The summed E-state index contributed by atoms with van der Waals surface area (Å²) < 4.78 is 32.4. The zero-order valence-corrected chi connectivity index (χ0v) is 12.0. The van der Waals surface area contributed by atoms with Gasteiger partial charge in [0.25, 0.3) is 0 Å². The first-order chi connectivity index (χ1) is 9.58. The molecule has 0 aliphatic heterocycles. The molecule has 0 atom stereocenters. The topological polar surface area (TPSA) is 35.2 Å². The lowest BCUT2D eigenvalue weighted by molar-refractivity contribution is -0.0820. The Balaban J connectivity index is 1.97. The van der Waals surface area contributed by atoms with Gasteiger partial charge >= 0.3 is 0 Å². The molecule has 2 N–H and O–H groups in total. The maximum Gasteiger partial charge on any atom is 0.131 e. The van der Waals surface area contributed by atoms with Crippen LogP contribution in [0.25, 0.3) is 0 Å². The highest BCUT2D eigenvalue weighted by atomic mass is 19.1. The van der Waals surface area contributed by atoms with Crippen LogP contribution in [0, 0.1) is 17.6 Å². The van der Waals surface area contributed by atoms with E-state index in [-0.39, 0.29) is 12.2 Å². The third-order valence-corrected chi connectivity index (χ3v) is 4.51. The van der Waals surface area contributed by atoms with Gasteiger partial charge in [0.2, 0.25) is 0 Å². The van der Waals surface area contributed by atoms with Crippen molar-refractivity contribution in [2.45, 2.75) is 51.2 Å². The normalized spacial score (nSPS) is 26.7. The summed E-state index contributed by atoms with van der Waals surface area (Å²) in [5, 5.41) is 0. The number of rotatable bonds is 5. The number of ether oxygens (including phenoxy) is 1. The predicted molar refractivity (Wildman–Crippen MR) is 75.2 cm³/mol. The van der Waals surface area contributed by atoms with E-state index in [4.69, 9.17) is 10.5 Å². The smallest absolute Gasteiger partial charge is 0.131 e. The van der Waals surface area contributed by atoms with E-state index in [1.807, 2.05) is 0 Å². The first kappa shape index (κ1) is 15.4. The summed E-state index contributed by atoms with van der Waals surface area (Å²) in [6.07, 6.45) is 5.25. The van der Waals surface area contributed by atoms with Crippen LogP contribution >= 0.6 is 0 Å². The van der Waals surface area contributed by atoms with E-state index in [9.17, 15) is 8.78 Å². The molecule has 1 aromatic rings.